The van der Waals surface area contributed by atoms with Crippen LogP contribution in [0.4, 0.5) is 5.82 Å². The highest BCUT2D eigenvalue weighted by molar-refractivity contribution is 6.32. The number of hydrogen-bond donors (Lipinski definition) is 2. The van der Waals surface area contributed by atoms with Crippen molar-refractivity contribution < 1.29 is 4.79 Å². The van der Waals surface area contributed by atoms with E-state index in [-0.39, 0.29) is 17.7 Å². The van der Waals surface area contributed by atoms with Gasteiger partial charge in [-0.2, -0.15) is 5.10 Å². The molecular formula is C21H25ClN6O. The van der Waals surface area contributed by atoms with E-state index in [9.17, 15) is 4.79 Å². The first-order valence-electron chi connectivity index (χ1n) is 10.1. The fourth-order valence-corrected chi connectivity index (χ4v) is 3.51. The first-order valence-corrected chi connectivity index (χ1v) is 10.4. The predicted molar refractivity (Wildman–Crippen MR) is 115 cm³/mol. The quantitative estimate of drug-likeness (QED) is 0.574. The van der Waals surface area contributed by atoms with Gasteiger partial charge in [0.05, 0.1) is 22.3 Å². The summed E-state index contributed by atoms with van der Waals surface area (Å²) in [5.74, 6) is 1.96. The standard InChI is InChI=1S/C21H25ClN6O/c1-13(2)18-26-19(23-10-11-24-21(29)14-6-5-7-14)15-12-25-28(20(15)27-18)17-9-4-3-8-16(17)22/h3-4,8-9,12-14H,5-7,10-11H2,1-2H3,(H,24,29)(H,23,26,27). The molecule has 2 heterocycles. The fraction of sp³-hybridized carbons (Fsp3) is 0.429. The third-order valence-corrected chi connectivity index (χ3v) is 5.56. The topological polar surface area (TPSA) is 84.7 Å². The number of amides is 1. The first kappa shape index (κ1) is 19.6. The molecule has 1 aromatic carbocycles. The van der Waals surface area contributed by atoms with Crippen LogP contribution in [0.2, 0.25) is 5.02 Å². The molecule has 0 atom stereocenters. The van der Waals surface area contributed by atoms with Crippen molar-refractivity contribution in [3.05, 3.63) is 41.3 Å². The molecule has 1 aliphatic rings. The van der Waals surface area contributed by atoms with E-state index in [1.165, 1.54) is 0 Å². The molecule has 4 rings (SSSR count). The molecular weight excluding hydrogens is 388 g/mol. The maximum Gasteiger partial charge on any atom is 0.223 e. The molecule has 2 N–H and O–H groups in total. The van der Waals surface area contributed by atoms with Crippen LogP contribution in [-0.4, -0.2) is 38.7 Å². The number of rotatable bonds is 7. The van der Waals surface area contributed by atoms with Crippen LogP contribution < -0.4 is 10.6 Å². The van der Waals surface area contributed by atoms with Gasteiger partial charge in [0.1, 0.15) is 11.6 Å². The second kappa shape index (κ2) is 8.37. The van der Waals surface area contributed by atoms with Crippen molar-refractivity contribution in [1.29, 1.82) is 0 Å². The summed E-state index contributed by atoms with van der Waals surface area (Å²) in [5.41, 5.74) is 1.48. The van der Waals surface area contributed by atoms with Crippen molar-refractivity contribution in [2.75, 3.05) is 18.4 Å². The third kappa shape index (κ3) is 4.05. The summed E-state index contributed by atoms with van der Waals surface area (Å²) in [6, 6.07) is 7.55. The van der Waals surface area contributed by atoms with Gasteiger partial charge in [0.15, 0.2) is 5.65 Å². The smallest absolute Gasteiger partial charge is 0.223 e. The maximum absolute atomic E-state index is 12.0. The highest BCUT2D eigenvalue weighted by Gasteiger charge is 2.24. The zero-order chi connectivity index (χ0) is 20.4. The molecule has 0 radical (unpaired) electrons. The van der Waals surface area contributed by atoms with Gasteiger partial charge in [0.25, 0.3) is 0 Å². The van der Waals surface area contributed by atoms with Crippen LogP contribution >= 0.6 is 11.6 Å². The average molecular weight is 413 g/mol. The molecule has 1 saturated carbocycles. The molecule has 8 heteroatoms. The fourth-order valence-electron chi connectivity index (χ4n) is 3.30. The lowest BCUT2D eigenvalue weighted by molar-refractivity contribution is -0.127. The van der Waals surface area contributed by atoms with E-state index < -0.39 is 0 Å². The van der Waals surface area contributed by atoms with Gasteiger partial charge in [-0.3, -0.25) is 4.79 Å². The molecule has 0 spiro atoms. The lowest BCUT2D eigenvalue weighted by Crippen LogP contribution is -2.37. The Balaban J connectivity index is 1.58. The Hall–Kier alpha value is -2.67. The van der Waals surface area contributed by atoms with Crippen molar-refractivity contribution in [3.8, 4) is 5.69 Å². The number of anilines is 1. The average Bonchev–Trinajstić information content (AvgIpc) is 3.08. The van der Waals surface area contributed by atoms with Gasteiger partial charge < -0.3 is 10.6 Å². The van der Waals surface area contributed by atoms with Crippen LogP contribution in [0.5, 0.6) is 0 Å². The number of nitrogens with zero attached hydrogens (tertiary/aromatic N) is 4. The van der Waals surface area contributed by atoms with Crippen LogP contribution in [0.25, 0.3) is 16.7 Å². The second-order valence-electron chi connectivity index (χ2n) is 7.68. The van der Waals surface area contributed by atoms with Gasteiger partial charge in [-0.25, -0.2) is 14.6 Å². The molecule has 0 unspecified atom stereocenters. The molecule has 1 aliphatic carbocycles. The molecule has 7 nitrogen and oxygen atoms in total. The Kier molecular flexibility index (Phi) is 5.67. The zero-order valence-corrected chi connectivity index (χ0v) is 17.4. The maximum atomic E-state index is 12.0. The number of aromatic nitrogens is 4. The van der Waals surface area contributed by atoms with Crippen LogP contribution in [-0.2, 0) is 4.79 Å². The summed E-state index contributed by atoms with van der Waals surface area (Å²) in [6.45, 7) is 5.25. The molecule has 0 saturated heterocycles. The summed E-state index contributed by atoms with van der Waals surface area (Å²) in [6.07, 6.45) is 4.91. The number of nitrogens with one attached hydrogen (secondary N) is 2. The van der Waals surface area contributed by atoms with Gasteiger partial charge in [0, 0.05) is 24.9 Å². The highest BCUT2D eigenvalue weighted by Crippen LogP contribution is 2.28. The summed E-state index contributed by atoms with van der Waals surface area (Å²) >= 11 is 6.37. The number of hydrogen-bond acceptors (Lipinski definition) is 5. The van der Waals surface area contributed by atoms with E-state index in [1.54, 1.807) is 10.9 Å². The Morgan fingerprint density at radius 2 is 2.03 bits per heavy atom. The molecule has 1 fully saturated rings. The zero-order valence-electron chi connectivity index (χ0n) is 16.7. The molecule has 3 aromatic rings. The first-order chi connectivity index (χ1) is 14.0. The van der Waals surface area contributed by atoms with Crippen molar-refractivity contribution in [2.24, 2.45) is 5.92 Å². The molecule has 1 amide bonds. The summed E-state index contributed by atoms with van der Waals surface area (Å²) < 4.78 is 1.74. The Bertz CT molecular complexity index is 1030. The Morgan fingerprint density at radius 1 is 1.24 bits per heavy atom. The number of fused-ring (bicyclic) bond motifs is 1. The SMILES string of the molecule is CC(C)c1nc(NCCNC(=O)C2CCC2)c2cnn(-c3ccccc3Cl)c2n1. The van der Waals surface area contributed by atoms with E-state index in [1.807, 2.05) is 24.3 Å². The number of para-hydroxylation sites is 1. The van der Waals surface area contributed by atoms with E-state index >= 15 is 0 Å². The lowest BCUT2D eigenvalue weighted by Gasteiger charge is -2.24. The van der Waals surface area contributed by atoms with Crippen molar-refractivity contribution in [3.63, 3.8) is 0 Å². The molecule has 152 valence electrons. The highest BCUT2D eigenvalue weighted by atomic mass is 35.5. The number of carbonyl (C=O) groups is 1. The van der Waals surface area contributed by atoms with Gasteiger partial charge >= 0.3 is 0 Å². The van der Waals surface area contributed by atoms with Crippen molar-refractivity contribution in [2.45, 2.75) is 39.0 Å². The Labute approximate surface area is 174 Å². The van der Waals surface area contributed by atoms with Gasteiger partial charge in [-0.15, -0.1) is 0 Å². The monoisotopic (exact) mass is 412 g/mol. The predicted octanol–water partition coefficient (Wildman–Crippen LogP) is 3.92. The summed E-state index contributed by atoms with van der Waals surface area (Å²) in [4.78, 5) is 21.4. The molecule has 29 heavy (non-hydrogen) atoms. The molecule has 0 bridgehead atoms. The largest absolute Gasteiger partial charge is 0.368 e. The normalized spacial score (nSPS) is 14.2. The lowest BCUT2D eigenvalue weighted by atomic mass is 9.85. The van der Waals surface area contributed by atoms with Crippen molar-refractivity contribution in [1.82, 2.24) is 25.1 Å². The minimum Gasteiger partial charge on any atom is -0.368 e. The van der Waals surface area contributed by atoms with E-state index in [0.29, 0.717) is 23.8 Å². The number of halogens is 1. The number of benzene rings is 1. The molecule has 0 aliphatic heterocycles. The van der Waals surface area contributed by atoms with Crippen molar-refractivity contribution >= 4 is 34.4 Å². The second-order valence-corrected chi connectivity index (χ2v) is 8.08. The van der Waals surface area contributed by atoms with E-state index in [2.05, 4.69) is 34.6 Å². The van der Waals surface area contributed by atoms with Crippen LogP contribution in [0, 0.1) is 5.92 Å². The Morgan fingerprint density at radius 3 is 2.72 bits per heavy atom. The minimum atomic E-state index is 0.153. The van der Waals surface area contributed by atoms with Crippen LogP contribution in [0.3, 0.4) is 0 Å². The summed E-state index contributed by atoms with van der Waals surface area (Å²) in [5, 5.41) is 12.3. The minimum absolute atomic E-state index is 0.153. The van der Waals surface area contributed by atoms with Crippen LogP contribution in [0.1, 0.15) is 44.9 Å². The van der Waals surface area contributed by atoms with Gasteiger partial charge in [-0.05, 0) is 25.0 Å². The van der Waals surface area contributed by atoms with Gasteiger partial charge in [-0.1, -0.05) is 44.0 Å². The van der Waals surface area contributed by atoms with Gasteiger partial charge in [0.2, 0.25) is 5.91 Å². The van der Waals surface area contributed by atoms with E-state index in [4.69, 9.17) is 16.6 Å². The molecule has 2 aromatic heterocycles. The van der Waals surface area contributed by atoms with Crippen LogP contribution in [0.15, 0.2) is 30.5 Å². The van der Waals surface area contributed by atoms with E-state index in [0.717, 1.165) is 42.0 Å². The summed E-state index contributed by atoms with van der Waals surface area (Å²) in [7, 11) is 0. The third-order valence-electron chi connectivity index (χ3n) is 5.24. The number of carbonyl (C=O) groups excluding carboxylic acids is 1.